The number of nitrogens with two attached hydrogens (primary N) is 1. The van der Waals surface area contributed by atoms with Gasteiger partial charge in [-0.3, -0.25) is 0 Å². The molecule has 3 rings (SSSR count). The Morgan fingerprint density at radius 3 is 2.78 bits per heavy atom. The van der Waals surface area contributed by atoms with E-state index in [2.05, 4.69) is 17.0 Å². The second-order valence-electron chi connectivity index (χ2n) is 5.30. The van der Waals surface area contributed by atoms with Crippen LogP contribution in [0.2, 0.25) is 0 Å². The highest BCUT2D eigenvalue weighted by Crippen LogP contribution is 2.31. The lowest BCUT2D eigenvalue weighted by atomic mass is 9.97. The molecule has 5 heteroatoms. The van der Waals surface area contributed by atoms with E-state index >= 15 is 0 Å². The second kappa shape index (κ2) is 4.24. The largest absolute Gasteiger partial charge is 0.366 e. The molecule has 18 heavy (non-hydrogen) atoms. The molecule has 0 spiro atoms. The van der Waals surface area contributed by atoms with Crippen molar-refractivity contribution in [1.82, 2.24) is 0 Å². The molecule has 2 N–H and O–H groups in total. The summed E-state index contributed by atoms with van der Waals surface area (Å²) in [6, 6.07) is 8.38. The number of anilines is 1. The Labute approximate surface area is 108 Å². The van der Waals surface area contributed by atoms with Crippen LogP contribution in [0, 0.1) is 0 Å². The molecular weight excluding hydrogens is 248 g/mol. The summed E-state index contributed by atoms with van der Waals surface area (Å²) in [4.78, 5) is 2.20. The summed E-state index contributed by atoms with van der Waals surface area (Å²) in [5.74, 6) is 0.583. The monoisotopic (exact) mass is 266 g/mol. The summed E-state index contributed by atoms with van der Waals surface area (Å²) < 4.78 is 23.2. The molecule has 0 radical (unpaired) electrons. The molecule has 1 aromatic rings. The molecule has 0 saturated carbocycles. The van der Waals surface area contributed by atoms with E-state index in [0.29, 0.717) is 5.75 Å². The molecule has 4 nitrogen and oxygen atoms in total. The van der Waals surface area contributed by atoms with Gasteiger partial charge < -0.3 is 10.6 Å². The first-order valence-corrected chi connectivity index (χ1v) is 8.18. The van der Waals surface area contributed by atoms with Gasteiger partial charge in [-0.05, 0) is 24.5 Å². The molecule has 2 heterocycles. The van der Waals surface area contributed by atoms with Crippen LogP contribution < -0.4 is 10.6 Å². The third-order valence-electron chi connectivity index (χ3n) is 3.86. The molecular formula is C13H18N2O2S. The van der Waals surface area contributed by atoms with E-state index in [0.717, 1.165) is 19.4 Å². The lowest BCUT2D eigenvalue weighted by Crippen LogP contribution is -2.48. The van der Waals surface area contributed by atoms with E-state index in [-0.39, 0.29) is 17.8 Å². The number of fused-ring (bicyclic) bond motifs is 1. The maximum Gasteiger partial charge on any atom is 0.152 e. The quantitative estimate of drug-likeness (QED) is 0.807. The van der Waals surface area contributed by atoms with E-state index in [1.165, 1.54) is 11.3 Å². The summed E-state index contributed by atoms with van der Waals surface area (Å²) in [7, 11) is -2.85. The van der Waals surface area contributed by atoms with Crippen molar-refractivity contribution >= 4 is 15.5 Å². The van der Waals surface area contributed by atoms with Gasteiger partial charge in [-0.15, -0.1) is 0 Å². The topological polar surface area (TPSA) is 63.4 Å². The Hall–Kier alpha value is -1.07. The average Bonchev–Trinajstić information content (AvgIpc) is 2.68. The average molecular weight is 266 g/mol. The minimum absolute atomic E-state index is 0.0995. The van der Waals surface area contributed by atoms with E-state index in [9.17, 15) is 8.42 Å². The molecule has 0 aromatic heterocycles. The van der Waals surface area contributed by atoms with E-state index in [1.54, 1.807) is 0 Å². The Balaban J connectivity index is 1.93. The van der Waals surface area contributed by atoms with Gasteiger partial charge in [-0.1, -0.05) is 18.2 Å². The molecule has 2 atom stereocenters. The third-order valence-corrected chi connectivity index (χ3v) is 5.61. The maximum atomic E-state index is 11.6. The molecule has 1 aromatic carbocycles. The first-order valence-electron chi connectivity index (χ1n) is 6.36. The summed E-state index contributed by atoms with van der Waals surface area (Å²) in [6.07, 6.45) is 1.61. The van der Waals surface area contributed by atoms with Gasteiger partial charge in [0, 0.05) is 24.3 Å². The van der Waals surface area contributed by atoms with Gasteiger partial charge in [-0.2, -0.15) is 0 Å². The van der Waals surface area contributed by atoms with Crippen LogP contribution in [0.25, 0.3) is 0 Å². The van der Waals surface area contributed by atoms with Gasteiger partial charge in [0.15, 0.2) is 9.84 Å². The van der Waals surface area contributed by atoms with Gasteiger partial charge in [0.1, 0.15) is 0 Å². The van der Waals surface area contributed by atoms with Crippen molar-refractivity contribution < 1.29 is 8.42 Å². The highest BCUT2D eigenvalue weighted by atomic mass is 32.2. The molecule has 0 aliphatic carbocycles. The maximum absolute atomic E-state index is 11.6. The standard InChI is InChI=1S/C13H18N2O2S/c14-11-7-10-3-1-2-4-13(10)15(8-11)12-5-6-18(16,17)9-12/h1-4,11-12H,5-9,14H2. The minimum atomic E-state index is -2.85. The Bertz CT molecular complexity index is 556. The molecule has 2 aliphatic heterocycles. The fourth-order valence-corrected chi connectivity index (χ4v) is 4.76. The lowest BCUT2D eigenvalue weighted by molar-refractivity contribution is 0.546. The molecule has 1 fully saturated rings. The van der Waals surface area contributed by atoms with Crippen molar-refractivity contribution in [1.29, 1.82) is 0 Å². The zero-order chi connectivity index (χ0) is 12.8. The molecule has 2 unspecified atom stereocenters. The number of para-hydroxylation sites is 1. The molecule has 98 valence electrons. The Kier molecular flexibility index (Phi) is 2.83. The van der Waals surface area contributed by atoms with Gasteiger partial charge in [0.2, 0.25) is 0 Å². The smallest absolute Gasteiger partial charge is 0.152 e. The number of rotatable bonds is 1. The van der Waals surface area contributed by atoms with E-state index in [1.807, 2.05) is 12.1 Å². The predicted molar refractivity (Wildman–Crippen MR) is 72.5 cm³/mol. The predicted octanol–water partition coefficient (Wildman–Crippen LogP) is 0.563. The molecule has 1 saturated heterocycles. The van der Waals surface area contributed by atoms with Gasteiger partial charge >= 0.3 is 0 Å². The van der Waals surface area contributed by atoms with Crippen LogP contribution in [0.15, 0.2) is 24.3 Å². The van der Waals surface area contributed by atoms with E-state index < -0.39 is 9.84 Å². The fourth-order valence-electron chi connectivity index (χ4n) is 3.03. The highest BCUT2D eigenvalue weighted by molar-refractivity contribution is 7.91. The van der Waals surface area contributed by atoms with Crippen LogP contribution in [0.3, 0.4) is 0 Å². The van der Waals surface area contributed by atoms with Gasteiger partial charge in [-0.25, -0.2) is 8.42 Å². The van der Waals surface area contributed by atoms with Crippen molar-refractivity contribution in [2.24, 2.45) is 5.73 Å². The van der Waals surface area contributed by atoms with Crippen molar-refractivity contribution in [3.05, 3.63) is 29.8 Å². The number of sulfone groups is 1. The van der Waals surface area contributed by atoms with E-state index in [4.69, 9.17) is 5.73 Å². The van der Waals surface area contributed by atoms with Crippen molar-refractivity contribution in [2.45, 2.75) is 24.9 Å². The summed E-state index contributed by atoms with van der Waals surface area (Å²) in [5.41, 5.74) is 8.49. The van der Waals surface area contributed by atoms with Crippen molar-refractivity contribution in [3.8, 4) is 0 Å². The zero-order valence-electron chi connectivity index (χ0n) is 10.2. The normalized spacial score (nSPS) is 30.2. The zero-order valence-corrected chi connectivity index (χ0v) is 11.1. The lowest BCUT2D eigenvalue weighted by Gasteiger charge is -2.38. The molecule has 0 bridgehead atoms. The Morgan fingerprint density at radius 2 is 2.06 bits per heavy atom. The SMILES string of the molecule is NC1Cc2ccccc2N(C2CCS(=O)(=O)C2)C1. The van der Waals surface area contributed by atoms with Crippen LogP contribution in [0.5, 0.6) is 0 Å². The first kappa shape index (κ1) is 12.0. The van der Waals surface area contributed by atoms with Gasteiger partial charge in [0.05, 0.1) is 11.5 Å². The number of benzene rings is 1. The summed E-state index contributed by atoms with van der Waals surface area (Å²) in [5, 5.41) is 0. The van der Waals surface area contributed by atoms with Crippen LogP contribution in [-0.4, -0.2) is 38.6 Å². The third kappa shape index (κ3) is 2.12. The molecule has 0 amide bonds. The van der Waals surface area contributed by atoms with Crippen molar-refractivity contribution in [2.75, 3.05) is 23.0 Å². The van der Waals surface area contributed by atoms with Crippen molar-refractivity contribution in [3.63, 3.8) is 0 Å². The second-order valence-corrected chi connectivity index (χ2v) is 7.53. The number of hydrogen-bond donors (Lipinski definition) is 1. The van der Waals surface area contributed by atoms with Crippen LogP contribution in [0.1, 0.15) is 12.0 Å². The first-order chi connectivity index (χ1) is 8.55. The summed E-state index contributed by atoms with van der Waals surface area (Å²) in [6.45, 7) is 0.761. The van der Waals surface area contributed by atoms with Gasteiger partial charge in [0.25, 0.3) is 0 Å². The summed E-state index contributed by atoms with van der Waals surface area (Å²) >= 11 is 0. The minimum Gasteiger partial charge on any atom is -0.366 e. The number of nitrogens with zero attached hydrogens (tertiary/aromatic N) is 1. The van der Waals surface area contributed by atoms with Crippen LogP contribution >= 0.6 is 0 Å². The highest BCUT2D eigenvalue weighted by Gasteiger charge is 2.35. The van der Waals surface area contributed by atoms with Crippen LogP contribution in [0.4, 0.5) is 5.69 Å². The Morgan fingerprint density at radius 1 is 1.28 bits per heavy atom. The fraction of sp³-hybridized carbons (Fsp3) is 0.538. The van der Waals surface area contributed by atoms with Crippen LogP contribution in [-0.2, 0) is 16.3 Å². The number of hydrogen-bond acceptors (Lipinski definition) is 4. The molecule has 2 aliphatic rings.